The second-order valence-corrected chi connectivity index (χ2v) is 11.2. The molecule has 4 rings (SSSR count). The molecule has 9 heteroatoms. The first-order valence-electron chi connectivity index (χ1n) is 12.3. The third-order valence-electron chi connectivity index (χ3n) is 7.17. The Balaban J connectivity index is 1.51. The van der Waals surface area contributed by atoms with E-state index in [0.717, 1.165) is 11.3 Å². The standard InChI is InChI=1S/C26H38N4O5/c1-25(2)14-21(31)30(24(27)29-25)18(10-11-33-5)15-12-16(15)23(32)28-17-13-26(3,4)35-20-9-7-8-19(34-6)22(17)20/h7-9,15-18H,10-14H2,1-6H3,(H2,27,29)(H,28,32)/t15-,16-,17?,18-/m1/s1. The summed E-state index contributed by atoms with van der Waals surface area (Å²) in [6.07, 6.45) is 2.16. The van der Waals surface area contributed by atoms with Gasteiger partial charge in [0.25, 0.3) is 0 Å². The van der Waals surface area contributed by atoms with E-state index in [4.69, 9.17) is 19.6 Å². The first-order valence-corrected chi connectivity index (χ1v) is 12.3. The van der Waals surface area contributed by atoms with Crippen LogP contribution < -0.4 is 20.1 Å². The van der Waals surface area contributed by atoms with Gasteiger partial charge >= 0.3 is 0 Å². The van der Waals surface area contributed by atoms with Crippen molar-refractivity contribution < 1.29 is 23.8 Å². The molecule has 3 aliphatic rings. The third-order valence-corrected chi connectivity index (χ3v) is 7.17. The van der Waals surface area contributed by atoms with Crippen LogP contribution >= 0.6 is 0 Å². The summed E-state index contributed by atoms with van der Waals surface area (Å²) in [5.41, 5.74) is -0.0380. The second kappa shape index (κ2) is 9.33. The first-order chi connectivity index (χ1) is 16.5. The van der Waals surface area contributed by atoms with Gasteiger partial charge in [0.2, 0.25) is 11.8 Å². The molecular formula is C26H38N4O5. The average molecular weight is 487 g/mol. The van der Waals surface area contributed by atoms with Gasteiger partial charge in [0.1, 0.15) is 17.1 Å². The maximum Gasteiger partial charge on any atom is 0.231 e. The van der Waals surface area contributed by atoms with Gasteiger partial charge in [0.15, 0.2) is 5.96 Å². The molecule has 0 spiro atoms. The molecule has 1 saturated heterocycles. The van der Waals surface area contributed by atoms with E-state index in [0.29, 0.717) is 38.0 Å². The van der Waals surface area contributed by atoms with Crippen molar-refractivity contribution in [2.45, 2.75) is 76.6 Å². The zero-order valence-electron chi connectivity index (χ0n) is 21.6. The Morgan fingerprint density at radius 2 is 2.06 bits per heavy atom. The van der Waals surface area contributed by atoms with Crippen LogP contribution in [0.5, 0.6) is 11.5 Å². The summed E-state index contributed by atoms with van der Waals surface area (Å²) >= 11 is 0. The minimum absolute atomic E-state index is 0.0255. The number of carbonyl (C=O) groups excluding carboxylic acids is 2. The van der Waals surface area contributed by atoms with Gasteiger partial charge in [-0.3, -0.25) is 19.9 Å². The van der Waals surface area contributed by atoms with E-state index >= 15 is 0 Å². The minimum Gasteiger partial charge on any atom is -0.496 e. The molecule has 35 heavy (non-hydrogen) atoms. The molecule has 0 aromatic heterocycles. The maximum atomic E-state index is 13.4. The molecular weight excluding hydrogens is 448 g/mol. The predicted octanol–water partition coefficient (Wildman–Crippen LogP) is 2.99. The highest BCUT2D eigenvalue weighted by Crippen LogP contribution is 2.48. The van der Waals surface area contributed by atoms with E-state index in [-0.39, 0.29) is 41.7 Å². The number of fused-ring (bicyclic) bond motifs is 1. The van der Waals surface area contributed by atoms with Gasteiger partial charge in [-0.25, -0.2) is 0 Å². The van der Waals surface area contributed by atoms with E-state index in [1.807, 2.05) is 45.9 Å². The molecule has 4 atom stereocenters. The van der Waals surface area contributed by atoms with Gasteiger partial charge in [-0.1, -0.05) is 6.07 Å². The van der Waals surface area contributed by atoms with Gasteiger partial charge < -0.3 is 24.8 Å². The number of benzene rings is 1. The molecule has 1 aromatic carbocycles. The van der Waals surface area contributed by atoms with Crippen molar-refractivity contribution in [2.75, 3.05) is 20.8 Å². The van der Waals surface area contributed by atoms with Crippen LogP contribution in [-0.4, -0.2) is 60.7 Å². The number of nitrogens with one attached hydrogen (secondary N) is 3. The van der Waals surface area contributed by atoms with Crippen molar-refractivity contribution in [1.29, 1.82) is 5.41 Å². The van der Waals surface area contributed by atoms with Crippen molar-refractivity contribution in [1.82, 2.24) is 15.5 Å². The van der Waals surface area contributed by atoms with Gasteiger partial charge in [0.05, 0.1) is 18.7 Å². The lowest BCUT2D eigenvalue weighted by atomic mass is 9.89. The smallest absolute Gasteiger partial charge is 0.231 e. The molecule has 1 aliphatic carbocycles. The van der Waals surface area contributed by atoms with Crippen molar-refractivity contribution in [2.24, 2.45) is 11.8 Å². The molecule has 0 radical (unpaired) electrons. The van der Waals surface area contributed by atoms with Crippen LogP contribution in [0.2, 0.25) is 0 Å². The molecule has 2 fully saturated rings. The zero-order chi connectivity index (χ0) is 25.5. The quantitative estimate of drug-likeness (QED) is 0.521. The van der Waals surface area contributed by atoms with Crippen LogP contribution in [0, 0.1) is 17.2 Å². The molecule has 1 saturated carbocycles. The fraction of sp³-hybridized carbons (Fsp3) is 0.654. The Kier molecular flexibility index (Phi) is 6.74. The molecule has 192 valence electrons. The van der Waals surface area contributed by atoms with Crippen molar-refractivity contribution in [3.05, 3.63) is 23.8 Å². The Morgan fingerprint density at radius 1 is 1.31 bits per heavy atom. The maximum absolute atomic E-state index is 13.4. The number of hydrogen-bond donors (Lipinski definition) is 3. The Morgan fingerprint density at radius 3 is 2.71 bits per heavy atom. The molecule has 1 unspecified atom stereocenters. The van der Waals surface area contributed by atoms with Crippen LogP contribution in [0.15, 0.2) is 18.2 Å². The van der Waals surface area contributed by atoms with E-state index in [9.17, 15) is 9.59 Å². The highest BCUT2D eigenvalue weighted by molar-refractivity contribution is 5.99. The molecule has 9 nitrogen and oxygen atoms in total. The van der Waals surface area contributed by atoms with E-state index < -0.39 is 11.1 Å². The minimum atomic E-state index is -0.459. The predicted molar refractivity (Wildman–Crippen MR) is 131 cm³/mol. The summed E-state index contributed by atoms with van der Waals surface area (Å²) in [6, 6.07) is 5.16. The average Bonchev–Trinajstić information content (AvgIpc) is 3.54. The summed E-state index contributed by atoms with van der Waals surface area (Å²) in [6.45, 7) is 8.30. The topological polar surface area (TPSA) is 113 Å². The largest absolute Gasteiger partial charge is 0.496 e. The monoisotopic (exact) mass is 486 g/mol. The van der Waals surface area contributed by atoms with Gasteiger partial charge in [-0.05, 0) is 58.6 Å². The van der Waals surface area contributed by atoms with E-state index in [1.54, 1.807) is 14.2 Å². The number of methoxy groups -OCH3 is 2. The van der Waals surface area contributed by atoms with Gasteiger partial charge in [0, 0.05) is 44.1 Å². The summed E-state index contributed by atoms with van der Waals surface area (Å²) < 4.78 is 17.0. The van der Waals surface area contributed by atoms with Crippen LogP contribution in [0.25, 0.3) is 0 Å². The SMILES string of the molecule is COCC[C@H]([C@@H]1C[C@H]1C(=O)NC1CC(C)(C)Oc2cccc(OC)c21)N1C(=N)NC(C)(C)CC1=O. The molecule has 1 aromatic rings. The summed E-state index contributed by atoms with van der Waals surface area (Å²) in [7, 11) is 3.24. The van der Waals surface area contributed by atoms with E-state index in [1.165, 1.54) is 4.90 Å². The lowest BCUT2D eigenvalue weighted by molar-refractivity contribution is -0.133. The number of guanidine groups is 1. The van der Waals surface area contributed by atoms with Crippen LogP contribution in [0.3, 0.4) is 0 Å². The third kappa shape index (κ3) is 5.24. The highest BCUT2D eigenvalue weighted by Gasteiger charge is 2.53. The summed E-state index contributed by atoms with van der Waals surface area (Å²) in [5, 5.41) is 14.9. The molecule has 2 amide bonds. The zero-order valence-corrected chi connectivity index (χ0v) is 21.6. The Labute approximate surface area is 207 Å². The molecule has 3 N–H and O–H groups in total. The normalized spacial score (nSPS) is 27.3. The molecule has 0 bridgehead atoms. The van der Waals surface area contributed by atoms with Gasteiger partial charge in [-0.15, -0.1) is 0 Å². The Bertz CT molecular complexity index is 987. The van der Waals surface area contributed by atoms with Crippen LogP contribution in [-0.2, 0) is 14.3 Å². The Hall–Kier alpha value is -2.81. The van der Waals surface area contributed by atoms with Crippen molar-refractivity contribution in [3.8, 4) is 11.5 Å². The van der Waals surface area contributed by atoms with Gasteiger partial charge in [-0.2, -0.15) is 0 Å². The lowest BCUT2D eigenvalue weighted by Gasteiger charge is -2.42. The number of nitrogens with zero attached hydrogens (tertiary/aromatic N) is 1. The fourth-order valence-electron chi connectivity index (χ4n) is 5.55. The second-order valence-electron chi connectivity index (χ2n) is 11.2. The van der Waals surface area contributed by atoms with Crippen LogP contribution in [0.4, 0.5) is 0 Å². The van der Waals surface area contributed by atoms with Crippen LogP contribution in [0.1, 0.15) is 65.0 Å². The molecule has 2 aliphatic heterocycles. The number of carbonyl (C=O) groups is 2. The first kappa shape index (κ1) is 25.3. The van der Waals surface area contributed by atoms with Crippen molar-refractivity contribution >= 4 is 17.8 Å². The number of rotatable bonds is 8. The summed E-state index contributed by atoms with van der Waals surface area (Å²) in [5.74, 6) is 1.13. The number of ether oxygens (including phenoxy) is 3. The number of hydrogen-bond acceptors (Lipinski definition) is 6. The molecule has 2 heterocycles. The highest BCUT2D eigenvalue weighted by atomic mass is 16.5. The fourth-order valence-corrected chi connectivity index (χ4v) is 5.55. The number of amides is 2. The summed E-state index contributed by atoms with van der Waals surface area (Å²) in [4.78, 5) is 28.0. The lowest BCUT2D eigenvalue weighted by Crippen LogP contribution is -2.63. The van der Waals surface area contributed by atoms with Crippen molar-refractivity contribution in [3.63, 3.8) is 0 Å². The van der Waals surface area contributed by atoms with E-state index in [2.05, 4.69) is 10.6 Å².